The smallest absolute Gasteiger partial charge is 0.281 e. The fraction of sp³-hybridized carbons (Fsp3) is 0.174. The summed E-state index contributed by atoms with van der Waals surface area (Å²) < 4.78 is 27.6. The van der Waals surface area contributed by atoms with Crippen molar-refractivity contribution in [3.63, 3.8) is 0 Å². The number of furan rings is 1. The van der Waals surface area contributed by atoms with Crippen LogP contribution in [0.25, 0.3) is 10.2 Å². The number of anilines is 1. The van der Waals surface area contributed by atoms with Crippen LogP contribution in [0.2, 0.25) is 0 Å². The van der Waals surface area contributed by atoms with E-state index in [-0.39, 0.29) is 5.56 Å². The van der Waals surface area contributed by atoms with Gasteiger partial charge in [-0.3, -0.25) is 4.79 Å². The lowest BCUT2D eigenvalue weighted by molar-refractivity contribution is 0.0987. The normalized spacial score (nSPS) is 11.0. The first-order valence-electron chi connectivity index (χ1n) is 9.74. The standard InChI is InChI=1S/C23H21N3O6S/c1-28-15-7-8-17-20(12-15)33-23(25-17)26(24-13-16-6-5-9-32-16)22(27)14-10-18(29-2)21(31-4)19(11-14)30-3/h5-13H,1-4H3/b24-13+. The second-order valence-corrected chi connectivity index (χ2v) is 7.63. The number of benzene rings is 2. The molecule has 2 heterocycles. The minimum absolute atomic E-state index is 0.276. The molecule has 2 aromatic carbocycles. The lowest BCUT2D eigenvalue weighted by Crippen LogP contribution is -2.25. The number of carbonyl (C=O) groups is 1. The van der Waals surface area contributed by atoms with Crippen molar-refractivity contribution in [2.75, 3.05) is 33.4 Å². The van der Waals surface area contributed by atoms with E-state index in [0.29, 0.717) is 39.4 Å². The van der Waals surface area contributed by atoms with E-state index in [2.05, 4.69) is 10.1 Å². The number of hydrogen-bond acceptors (Lipinski definition) is 9. The molecule has 170 valence electrons. The Labute approximate surface area is 193 Å². The molecule has 9 nitrogen and oxygen atoms in total. The van der Waals surface area contributed by atoms with Gasteiger partial charge < -0.3 is 23.4 Å². The molecule has 0 aliphatic heterocycles. The minimum atomic E-state index is -0.442. The van der Waals surface area contributed by atoms with Gasteiger partial charge >= 0.3 is 0 Å². The first-order chi connectivity index (χ1) is 16.1. The third-order valence-corrected chi connectivity index (χ3v) is 5.71. The monoisotopic (exact) mass is 467 g/mol. The fourth-order valence-electron chi connectivity index (χ4n) is 3.11. The van der Waals surface area contributed by atoms with Gasteiger partial charge in [-0.2, -0.15) is 10.1 Å². The molecular formula is C23H21N3O6S. The molecule has 0 fully saturated rings. The maximum absolute atomic E-state index is 13.6. The van der Waals surface area contributed by atoms with Crippen LogP contribution in [0.5, 0.6) is 23.0 Å². The van der Waals surface area contributed by atoms with Gasteiger partial charge in [-0.15, -0.1) is 0 Å². The summed E-state index contributed by atoms with van der Waals surface area (Å²) in [6.07, 6.45) is 2.97. The molecule has 2 aromatic heterocycles. The topological polar surface area (TPSA) is 95.6 Å². The van der Waals surface area contributed by atoms with Gasteiger partial charge in [-0.1, -0.05) is 11.3 Å². The van der Waals surface area contributed by atoms with Crippen LogP contribution in [0, 0.1) is 0 Å². The van der Waals surface area contributed by atoms with Crippen molar-refractivity contribution in [3.05, 3.63) is 60.1 Å². The molecule has 0 radical (unpaired) electrons. The van der Waals surface area contributed by atoms with E-state index in [1.807, 2.05) is 18.2 Å². The zero-order valence-corrected chi connectivity index (χ0v) is 19.2. The van der Waals surface area contributed by atoms with Crippen molar-refractivity contribution in [1.82, 2.24) is 4.98 Å². The predicted molar refractivity (Wildman–Crippen MR) is 125 cm³/mol. The molecule has 0 N–H and O–H groups in total. The van der Waals surface area contributed by atoms with Gasteiger partial charge in [-0.25, -0.2) is 4.98 Å². The molecule has 0 saturated heterocycles. The van der Waals surface area contributed by atoms with Gasteiger partial charge in [-0.05, 0) is 42.5 Å². The Morgan fingerprint density at radius 2 is 1.79 bits per heavy atom. The number of hydrazone groups is 1. The van der Waals surface area contributed by atoms with Crippen molar-refractivity contribution in [3.8, 4) is 23.0 Å². The van der Waals surface area contributed by atoms with E-state index in [1.54, 1.807) is 31.4 Å². The van der Waals surface area contributed by atoms with Crippen molar-refractivity contribution in [2.24, 2.45) is 5.10 Å². The van der Waals surface area contributed by atoms with Crippen LogP contribution >= 0.6 is 11.3 Å². The molecule has 0 unspecified atom stereocenters. The number of thiazole rings is 1. The third kappa shape index (κ3) is 4.46. The predicted octanol–water partition coefficient (Wildman–Crippen LogP) is 4.60. The summed E-state index contributed by atoms with van der Waals surface area (Å²) in [6, 6.07) is 12.1. The molecule has 0 aliphatic carbocycles. The lowest BCUT2D eigenvalue weighted by Gasteiger charge is -2.17. The Balaban J connectivity index is 1.80. The summed E-state index contributed by atoms with van der Waals surface area (Å²) in [6.45, 7) is 0. The van der Waals surface area contributed by atoms with Crippen LogP contribution in [0.3, 0.4) is 0 Å². The lowest BCUT2D eigenvalue weighted by atomic mass is 10.1. The summed E-state index contributed by atoms with van der Waals surface area (Å²) in [5.41, 5.74) is 0.990. The van der Waals surface area contributed by atoms with E-state index in [1.165, 1.54) is 50.2 Å². The number of fused-ring (bicyclic) bond motifs is 1. The molecule has 0 aliphatic rings. The average molecular weight is 468 g/mol. The van der Waals surface area contributed by atoms with E-state index < -0.39 is 5.91 Å². The number of methoxy groups -OCH3 is 4. The molecule has 1 amide bonds. The highest BCUT2D eigenvalue weighted by atomic mass is 32.1. The number of carbonyl (C=O) groups excluding carboxylic acids is 1. The van der Waals surface area contributed by atoms with Gasteiger partial charge in [0, 0.05) is 5.56 Å². The highest BCUT2D eigenvalue weighted by Gasteiger charge is 2.25. The van der Waals surface area contributed by atoms with Crippen molar-refractivity contribution in [1.29, 1.82) is 0 Å². The highest BCUT2D eigenvalue weighted by Crippen LogP contribution is 2.39. The van der Waals surface area contributed by atoms with Crippen LogP contribution in [0.4, 0.5) is 5.13 Å². The van der Waals surface area contributed by atoms with Gasteiger partial charge in [0.2, 0.25) is 10.9 Å². The fourth-order valence-corrected chi connectivity index (χ4v) is 4.06. The second-order valence-electron chi connectivity index (χ2n) is 6.62. The summed E-state index contributed by atoms with van der Waals surface area (Å²) in [5, 5.41) is 5.96. The van der Waals surface area contributed by atoms with Gasteiger partial charge in [0.15, 0.2) is 11.5 Å². The molecule has 4 rings (SSSR count). The summed E-state index contributed by atoms with van der Waals surface area (Å²) in [7, 11) is 6.06. The van der Waals surface area contributed by atoms with E-state index in [9.17, 15) is 4.79 Å². The quantitative estimate of drug-likeness (QED) is 0.276. The Hall–Kier alpha value is -4.05. The van der Waals surface area contributed by atoms with E-state index >= 15 is 0 Å². The molecule has 0 saturated carbocycles. The number of ether oxygens (including phenoxy) is 4. The van der Waals surface area contributed by atoms with Crippen LogP contribution in [-0.2, 0) is 0 Å². The largest absolute Gasteiger partial charge is 0.497 e. The Morgan fingerprint density at radius 1 is 1.03 bits per heavy atom. The Bertz CT molecular complexity index is 1270. The summed E-state index contributed by atoms with van der Waals surface area (Å²) in [4.78, 5) is 18.2. The van der Waals surface area contributed by atoms with Gasteiger partial charge in [0.05, 0.1) is 51.1 Å². The Kier molecular flexibility index (Phi) is 6.45. The summed E-state index contributed by atoms with van der Waals surface area (Å²) >= 11 is 1.31. The number of hydrogen-bond donors (Lipinski definition) is 0. The third-order valence-electron chi connectivity index (χ3n) is 4.71. The Morgan fingerprint density at radius 3 is 2.39 bits per heavy atom. The average Bonchev–Trinajstić information content (AvgIpc) is 3.52. The van der Waals surface area contributed by atoms with Crippen LogP contribution < -0.4 is 24.0 Å². The minimum Gasteiger partial charge on any atom is -0.497 e. The molecule has 0 spiro atoms. The first kappa shape index (κ1) is 22.2. The van der Waals surface area contributed by atoms with E-state index in [4.69, 9.17) is 23.4 Å². The molecular weight excluding hydrogens is 446 g/mol. The number of rotatable bonds is 8. The maximum atomic E-state index is 13.6. The first-order valence-corrected chi connectivity index (χ1v) is 10.6. The van der Waals surface area contributed by atoms with Crippen LogP contribution in [0.15, 0.2) is 58.2 Å². The summed E-state index contributed by atoms with van der Waals surface area (Å²) in [5.74, 6) is 1.82. The maximum Gasteiger partial charge on any atom is 0.281 e. The van der Waals surface area contributed by atoms with Crippen molar-refractivity contribution >= 4 is 38.8 Å². The molecule has 0 atom stereocenters. The van der Waals surface area contributed by atoms with E-state index in [0.717, 1.165) is 4.70 Å². The molecule has 10 heteroatoms. The molecule has 4 aromatic rings. The highest BCUT2D eigenvalue weighted by molar-refractivity contribution is 7.22. The number of aromatic nitrogens is 1. The van der Waals surface area contributed by atoms with Gasteiger partial charge in [0.1, 0.15) is 11.5 Å². The van der Waals surface area contributed by atoms with Crippen molar-refractivity contribution in [2.45, 2.75) is 0 Å². The van der Waals surface area contributed by atoms with Gasteiger partial charge in [0.25, 0.3) is 5.91 Å². The van der Waals surface area contributed by atoms with Crippen LogP contribution in [0.1, 0.15) is 16.1 Å². The SMILES string of the molecule is COc1ccc2nc(N(/N=C/c3ccco3)C(=O)c3cc(OC)c(OC)c(OC)c3)sc2c1. The zero-order chi connectivity index (χ0) is 23.4. The van der Waals surface area contributed by atoms with Crippen molar-refractivity contribution < 1.29 is 28.2 Å². The second kappa shape index (κ2) is 9.61. The molecule has 0 bridgehead atoms. The molecule has 33 heavy (non-hydrogen) atoms. The van der Waals surface area contributed by atoms with Crippen LogP contribution in [-0.4, -0.2) is 45.5 Å². The zero-order valence-electron chi connectivity index (χ0n) is 18.4. The number of nitrogens with zero attached hydrogens (tertiary/aromatic N) is 3. The number of amides is 1.